The van der Waals surface area contributed by atoms with Crippen molar-refractivity contribution in [2.45, 2.75) is 19.1 Å². The molecule has 0 saturated heterocycles. The van der Waals surface area contributed by atoms with Crippen LogP contribution in [0.1, 0.15) is 18.6 Å². The van der Waals surface area contributed by atoms with Gasteiger partial charge < -0.3 is 19.9 Å². The molecule has 1 aromatic rings. The molecule has 0 bridgehead atoms. The molecule has 0 aliphatic rings. The third kappa shape index (κ3) is 4.87. The summed E-state index contributed by atoms with van der Waals surface area (Å²) in [5.74, 6) is 0. The molecule has 19 heavy (non-hydrogen) atoms. The van der Waals surface area contributed by atoms with Crippen molar-refractivity contribution in [2.24, 2.45) is 5.73 Å². The van der Waals surface area contributed by atoms with Crippen molar-refractivity contribution >= 4 is 29.3 Å². The molecular weight excluding hydrogens is 293 g/mol. The first-order chi connectivity index (χ1) is 8.95. The standard InChI is InChI=1S/C12H15Cl2NO4/c1-7(19-12(15)16)11(18-6-17-2)9-5-8(13)3-4-10(9)14/h3-5,7,11H,6H2,1-2H3,(H2,15,16). The topological polar surface area (TPSA) is 70.8 Å². The Morgan fingerprint density at radius 1 is 1.42 bits per heavy atom. The molecule has 106 valence electrons. The van der Waals surface area contributed by atoms with Crippen LogP contribution in [0.15, 0.2) is 18.2 Å². The highest BCUT2D eigenvalue weighted by molar-refractivity contribution is 6.33. The molecule has 1 aromatic carbocycles. The predicted octanol–water partition coefficient (Wildman–Crippen LogP) is 3.14. The largest absolute Gasteiger partial charge is 0.444 e. The lowest BCUT2D eigenvalue weighted by Gasteiger charge is -2.24. The number of halogens is 2. The van der Waals surface area contributed by atoms with Gasteiger partial charge in [-0.3, -0.25) is 0 Å². The van der Waals surface area contributed by atoms with Crippen molar-refractivity contribution in [3.8, 4) is 0 Å². The van der Waals surface area contributed by atoms with Crippen LogP contribution in [0.5, 0.6) is 0 Å². The van der Waals surface area contributed by atoms with Gasteiger partial charge in [-0.2, -0.15) is 0 Å². The Balaban J connectivity index is 3.00. The van der Waals surface area contributed by atoms with E-state index in [0.29, 0.717) is 15.6 Å². The van der Waals surface area contributed by atoms with E-state index in [1.807, 2.05) is 0 Å². The second-order valence-electron chi connectivity index (χ2n) is 3.80. The summed E-state index contributed by atoms with van der Waals surface area (Å²) in [5, 5.41) is 0.946. The third-order valence-electron chi connectivity index (χ3n) is 2.36. The number of hydrogen-bond acceptors (Lipinski definition) is 4. The van der Waals surface area contributed by atoms with Gasteiger partial charge >= 0.3 is 6.09 Å². The Labute approximate surface area is 121 Å². The molecule has 0 fully saturated rings. The molecule has 0 heterocycles. The summed E-state index contributed by atoms with van der Waals surface area (Å²) in [4.78, 5) is 10.8. The molecule has 0 radical (unpaired) electrons. The Kier molecular flexibility index (Phi) is 6.37. The van der Waals surface area contributed by atoms with E-state index in [2.05, 4.69) is 0 Å². The summed E-state index contributed by atoms with van der Waals surface area (Å²) in [7, 11) is 1.48. The Bertz CT molecular complexity index is 442. The third-order valence-corrected chi connectivity index (χ3v) is 2.94. The van der Waals surface area contributed by atoms with Gasteiger partial charge in [-0.1, -0.05) is 23.2 Å². The zero-order valence-electron chi connectivity index (χ0n) is 10.6. The summed E-state index contributed by atoms with van der Waals surface area (Å²) < 4.78 is 15.2. The number of methoxy groups -OCH3 is 1. The zero-order chi connectivity index (χ0) is 14.4. The van der Waals surface area contributed by atoms with E-state index in [9.17, 15) is 4.79 Å². The van der Waals surface area contributed by atoms with Crippen LogP contribution < -0.4 is 5.73 Å². The molecule has 0 aromatic heterocycles. The number of nitrogens with two attached hydrogens (primary N) is 1. The highest BCUT2D eigenvalue weighted by atomic mass is 35.5. The molecule has 0 spiro atoms. The SMILES string of the molecule is COCOC(c1cc(Cl)ccc1Cl)C(C)OC(N)=O. The lowest BCUT2D eigenvalue weighted by Crippen LogP contribution is -2.28. The van der Waals surface area contributed by atoms with E-state index in [1.165, 1.54) is 7.11 Å². The lowest BCUT2D eigenvalue weighted by molar-refractivity contribution is -0.111. The zero-order valence-corrected chi connectivity index (χ0v) is 12.1. The predicted molar refractivity (Wildman–Crippen MR) is 72.3 cm³/mol. The minimum absolute atomic E-state index is 0.0139. The van der Waals surface area contributed by atoms with Gasteiger partial charge in [-0.15, -0.1) is 0 Å². The van der Waals surface area contributed by atoms with E-state index < -0.39 is 18.3 Å². The van der Waals surface area contributed by atoms with Gasteiger partial charge in [0.1, 0.15) is 19.0 Å². The first kappa shape index (κ1) is 16.0. The molecule has 5 nitrogen and oxygen atoms in total. The van der Waals surface area contributed by atoms with Gasteiger partial charge in [0.15, 0.2) is 0 Å². The molecule has 1 rings (SSSR count). The van der Waals surface area contributed by atoms with Crippen LogP contribution in [-0.4, -0.2) is 26.1 Å². The van der Waals surface area contributed by atoms with Gasteiger partial charge in [-0.25, -0.2) is 4.79 Å². The Hall–Kier alpha value is -1.01. The van der Waals surface area contributed by atoms with Crippen molar-refractivity contribution in [1.29, 1.82) is 0 Å². The van der Waals surface area contributed by atoms with E-state index in [-0.39, 0.29) is 6.79 Å². The number of carbonyl (C=O) groups is 1. The van der Waals surface area contributed by atoms with Crippen LogP contribution in [0.4, 0.5) is 4.79 Å². The highest BCUT2D eigenvalue weighted by Gasteiger charge is 2.25. The van der Waals surface area contributed by atoms with Crippen LogP contribution in [0.2, 0.25) is 10.0 Å². The maximum absolute atomic E-state index is 10.8. The van der Waals surface area contributed by atoms with Gasteiger partial charge in [0.2, 0.25) is 0 Å². The molecule has 1 amide bonds. The average molecular weight is 308 g/mol. The number of hydrogen-bond donors (Lipinski definition) is 1. The Morgan fingerprint density at radius 3 is 2.68 bits per heavy atom. The normalized spacial score (nSPS) is 13.9. The number of ether oxygens (including phenoxy) is 3. The van der Waals surface area contributed by atoms with Crippen LogP contribution in [0.25, 0.3) is 0 Å². The maximum Gasteiger partial charge on any atom is 0.404 e. The number of benzene rings is 1. The van der Waals surface area contributed by atoms with Crippen LogP contribution in [0, 0.1) is 0 Å². The minimum atomic E-state index is -0.892. The summed E-state index contributed by atoms with van der Waals surface area (Å²) in [6.45, 7) is 1.66. The van der Waals surface area contributed by atoms with Crippen molar-refractivity contribution in [2.75, 3.05) is 13.9 Å². The van der Waals surface area contributed by atoms with Crippen LogP contribution in [0.3, 0.4) is 0 Å². The number of rotatable bonds is 6. The molecule has 0 aliphatic heterocycles. The second-order valence-corrected chi connectivity index (χ2v) is 4.65. The maximum atomic E-state index is 10.8. The van der Waals surface area contributed by atoms with Crippen molar-refractivity contribution in [3.05, 3.63) is 33.8 Å². The second kappa shape index (κ2) is 7.55. The minimum Gasteiger partial charge on any atom is -0.444 e. The quantitative estimate of drug-likeness (QED) is 0.820. The molecule has 0 saturated carbocycles. The fraction of sp³-hybridized carbons (Fsp3) is 0.417. The smallest absolute Gasteiger partial charge is 0.404 e. The van der Waals surface area contributed by atoms with E-state index >= 15 is 0 Å². The molecule has 2 unspecified atom stereocenters. The number of carbonyl (C=O) groups excluding carboxylic acids is 1. The first-order valence-electron chi connectivity index (χ1n) is 5.47. The highest BCUT2D eigenvalue weighted by Crippen LogP contribution is 2.31. The van der Waals surface area contributed by atoms with Gasteiger partial charge in [0.25, 0.3) is 0 Å². The summed E-state index contributed by atoms with van der Waals surface area (Å²) >= 11 is 12.0. The fourth-order valence-corrected chi connectivity index (χ4v) is 2.00. The van der Waals surface area contributed by atoms with Gasteiger partial charge in [0, 0.05) is 22.7 Å². The first-order valence-corrected chi connectivity index (χ1v) is 6.23. The fourth-order valence-electron chi connectivity index (χ4n) is 1.60. The van der Waals surface area contributed by atoms with Crippen molar-refractivity contribution in [1.82, 2.24) is 0 Å². The van der Waals surface area contributed by atoms with Crippen molar-refractivity contribution < 1.29 is 19.0 Å². The summed E-state index contributed by atoms with van der Waals surface area (Å²) in [6, 6.07) is 4.94. The van der Waals surface area contributed by atoms with Gasteiger partial charge in [-0.05, 0) is 25.1 Å². The average Bonchev–Trinajstić information content (AvgIpc) is 2.33. The molecular formula is C12H15Cl2NO4. The molecule has 2 atom stereocenters. The monoisotopic (exact) mass is 307 g/mol. The van der Waals surface area contributed by atoms with E-state index in [0.717, 1.165) is 0 Å². The van der Waals surface area contributed by atoms with Crippen LogP contribution >= 0.6 is 23.2 Å². The van der Waals surface area contributed by atoms with E-state index in [1.54, 1.807) is 25.1 Å². The van der Waals surface area contributed by atoms with Crippen molar-refractivity contribution in [3.63, 3.8) is 0 Å². The molecule has 2 N–H and O–H groups in total. The van der Waals surface area contributed by atoms with Crippen LogP contribution in [-0.2, 0) is 14.2 Å². The van der Waals surface area contributed by atoms with Gasteiger partial charge in [0.05, 0.1) is 0 Å². The summed E-state index contributed by atoms with van der Waals surface area (Å²) in [5.41, 5.74) is 5.60. The molecule has 7 heteroatoms. The Morgan fingerprint density at radius 2 is 2.11 bits per heavy atom. The lowest BCUT2D eigenvalue weighted by atomic mass is 10.1. The number of primary amides is 1. The number of amides is 1. The molecule has 0 aliphatic carbocycles. The summed E-state index contributed by atoms with van der Waals surface area (Å²) in [6.07, 6.45) is -2.15. The van der Waals surface area contributed by atoms with E-state index in [4.69, 9.17) is 43.1 Å².